The first-order valence-electron chi connectivity index (χ1n) is 9.39. The number of aromatic nitrogens is 1. The van der Waals surface area contributed by atoms with Crippen molar-refractivity contribution in [3.05, 3.63) is 58.6 Å². The van der Waals surface area contributed by atoms with Crippen molar-refractivity contribution in [2.45, 2.75) is 37.8 Å². The van der Waals surface area contributed by atoms with E-state index in [1.807, 2.05) is 0 Å². The summed E-state index contributed by atoms with van der Waals surface area (Å²) in [5, 5.41) is 2.98. The van der Waals surface area contributed by atoms with Gasteiger partial charge in [-0.25, -0.2) is 4.39 Å². The number of Topliss-reactive ketones (excluding diaryl/α,β-unsaturated/α-hetero) is 1. The molecule has 0 unspecified atom stereocenters. The van der Waals surface area contributed by atoms with Crippen molar-refractivity contribution >= 4 is 23.3 Å². The molecule has 3 fully saturated rings. The van der Waals surface area contributed by atoms with Crippen LogP contribution in [-0.4, -0.2) is 28.8 Å². The zero-order valence-electron chi connectivity index (χ0n) is 15.7. The first kappa shape index (κ1) is 19.8. The Bertz CT molecular complexity index is 962. The van der Waals surface area contributed by atoms with Crippen LogP contribution in [0.25, 0.3) is 0 Å². The highest BCUT2D eigenvalue weighted by atomic mass is 35.5. The molecule has 152 valence electrons. The maximum atomic E-state index is 13.4. The number of nitrogens with zero attached hydrogens (tertiary/aromatic N) is 1. The normalized spacial score (nSPS) is 24.2. The molecule has 3 aliphatic carbocycles. The fourth-order valence-electron chi connectivity index (χ4n) is 4.55. The molecule has 29 heavy (non-hydrogen) atoms. The minimum atomic E-state index is -0.595. The highest BCUT2D eigenvalue weighted by Crippen LogP contribution is 2.69. The number of hydrogen-bond donors (Lipinski definition) is 2. The summed E-state index contributed by atoms with van der Waals surface area (Å²) in [6.45, 7) is 0.165. The zero-order chi connectivity index (χ0) is 20.6. The van der Waals surface area contributed by atoms with Gasteiger partial charge >= 0.3 is 0 Å². The highest BCUT2D eigenvalue weighted by molar-refractivity contribution is 6.30. The molecule has 3 saturated carbocycles. The molecule has 3 aliphatic rings. The minimum absolute atomic E-state index is 0.000433. The molecule has 3 N–H and O–H groups in total. The van der Waals surface area contributed by atoms with Crippen molar-refractivity contribution in [3.63, 3.8) is 0 Å². The van der Waals surface area contributed by atoms with Crippen LogP contribution in [0.15, 0.2) is 36.5 Å². The van der Waals surface area contributed by atoms with E-state index in [0.29, 0.717) is 18.7 Å². The number of pyridine rings is 1. The van der Waals surface area contributed by atoms with Gasteiger partial charge in [-0.1, -0.05) is 11.6 Å². The van der Waals surface area contributed by atoms with Crippen LogP contribution in [0.2, 0.25) is 5.02 Å². The number of ketones is 1. The number of hydrogen-bond acceptors (Lipinski definition) is 5. The van der Waals surface area contributed by atoms with Gasteiger partial charge in [0.25, 0.3) is 5.91 Å². The fourth-order valence-corrected chi connectivity index (χ4v) is 4.67. The van der Waals surface area contributed by atoms with E-state index in [2.05, 4.69) is 10.3 Å². The number of benzene rings is 1. The van der Waals surface area contributed by atoms with Crippen LogP contribution in [0.5, 0.6) is 5.75 Å². The molecule has 2 bridgehead atoms. The molecule has 1 heterocycles. The van der Waals surface area contributed by atoms with Gasteiger partial charge in [0, 0.05) is 30.8 Å². The van der Waals surface area contributed by atoms with Crippen LogP contribution in [0.4, 0.5) is 4.39 Å². The molecular weight excluding hydrogens is 397 g/mol. The number of rotatable bonds is 8. The van der Waals surface area contributed by atoms with E-state index in [0.717, 1.165) is 30.9 Å². The Hall–Kier alpha value is -2.51. The topological polar surface area (TPSA) is 94.3 Å². The Morgan fingerprint density at radius 2 is 2.00 bits per heavy atom. The van der Waals surface area contributed by atoms with Crippen LogP contribution < -0.4 is 15.8 Å². The maximum Gasteiger partial charge on any atom is 0.258 e. The van der Waals surface area contributed by atoms with Crippen molar-refractivity contribution in [2.75, 3.05) is 6.61 Å². The Morgan fingerprint density at radius 1 is 1.24 bits per heavy atom. The number of carbonyl (C=O) groups is 2. The number of nitrogens with one attached hydrogen (secondary N) is 1. The van der Waals surface area contributed by atoms with Crippen molar-refractivity contribution < 1.29 is 18.7 Å². The van der Waals surface area contributed by atoms with Crippen LogP contribution in [0.3, 0.4) is 0 Å². The average molecular weight is 418 g/mol. The molecule has 8 heteroatoms. The molecule has 2 aromatic rings. The Balaban J connectivity index is 1.24. The smallest absolute Gasteiger partial charge is 0.258 e. The lowest BCUT2D eigenvalue weighted by Crippen LogP contribution is -2.75. The molecule has 1 aromatic carbocycles. The summed E-state index contributed by atoms with van der Waals surface area (Å²) in [6, 6.07) is 7.56. The molecular formula is C21H21ClFN3O3. The van der Waals surface area contributed by atoms with Crippen LogP contribution in [0.1, 0.15) is 41.7 Å². The summed E-state index contributed by atoms with van der Waals surface area (Å²) < 4.78 is 18.7. The lowest BCUT2D eigenvalue weighted by Gasteiger charge is -2.70. The van der Waals surface area contributed by atoms with Gasteiger partial charge in [0.2, 0.25) is 0 Å². The van der Waals surface area contributed by atoms with Gasteiger partial charge in [0.15, 0.2) is 12.4 Å². The van der Waals surface area contributed by atoms with Crippen molar-refractivity contribution in [3.8, 4) is 5.75 Å². The lowest BCUT2D eigenvalue weighted by molar-refractivity contribution is -0.164. The number of halogens is 2. The Morgan fingerprint density at radius 3 is 2.69 bits per heavy atom. The molecule has 6 nitrogen and oxygen atoms in total. The van der Waals surface area contributed by atoms with Crippen LogP contribution in [-0.2, 0) is 11.3 Å². The maximum absolute atomic E-state index is 13.4. The quantitative estimate of drug-likeness (QED) is 0.644. The molecule has 0 atom stereocenters. The molecule has 0 radical (unpaired) electrons. The van der Waals surface area contributed by atoms with E-state index in [9.17, 15) is 14.0 Å². The van der Waals surface area contributed by atoms with E-state index in [1.54, 1.807) is 18.3 Å². The molecule has 1 aromatic heterocycles. The first-order chi connectivity index (χ1) is 13.8. The SMILES string of the molecule is NCc1ccnc(C(=O)CC23CC(NC(=O)COc4ccc(Cl)c(F)c4)(C2)C3)c1. The van der Waals surface area contributed by atoms with Gasteiger partial charge in [0.1, 0.15) is 17.3 Å². The molecule has 1 amide bonds. The third-order valence-corrected chi connectivity index (χ3v) is 5.99. The number of amides is 1. The number of ether oxygens (including phenoxy) is 1. The second-order valence-electron chi connectivity index (χ2n) is 8.08. The van der Waals surface area contributed by atoms with Gasteiger partial charge < -0.3 is 15.8 Å². The largest absolute Gasteiger partial charge is 0.484 e. The number of nitrogens with two attached hydrogens (primary N) is 1. The predicted octanol–water partition coefficient (Wildman–Crippen LogP) is 3.02. The Kier molecular flexibility index (Phi) is 5.04. The van der Waals surface area contributed by atoms with Crippen molar-refractivity contribution in [1.29, 1.82) is 0 Å². The second-order valence-corrected chi connectivity index (χ2v) is 8.48. The monoisotopic (exact) mass is 417 g/mol. The summed E-state index contributed by atoms with van der Waals surface area (Å²) in [7, 11) is 0. The summed E-state index contributed by atoms with van der Waals surface area (Å²) in [5.74, 6) is -0.610. The first-order valence-corrected chi connectivity index (χ1v) is 9.77. The Labute approximate surface area is 172 Å². The summed E-state index contributed by atoms with van der Waals surface area (Å²) in [4.78, 5) is 28.9. The van der Waals surface area contributed by atoms with Crippen molar-refractivity contribution in [1.82, 2.24) is 10.3 Å². The average Bonchev–Trinajstić information content (AvgIpc) is 2.66. The summed E-state index contributed by atoms with van der Waals surface area (Å²) >= 11 is 5.62. The van der Waals surface area contributed by atoms with Crippen molar-refractivity contribution in [2.24, 2.45) is 11.1 Å². The third kappa shape index (κ3) is 3.97. The van der Waals surface area contributed by atoms with E-state index in [4.69, 9.17) is 22.1 Å². The zero-order valence-corrected chi connectivity index (χ0v) is 16.5. The van der Waals surface area contributed by atoms with Gasteiger partial charge in [-0.05, 0) is 54.5 Å². The number of carbonyl (C=O) groups excluding carboxylic acids is 2. The van der Waals surface area contributed by atoms with Gasteiger partial charge in [0.05, 0.1) is 5.02 Å². The summed E-state index contributed by atoms with van der Waals surface area (Å²) in [6.07, 6.45) is 4.33. The highest BCUT2D eigenvalue weighted by Gasteiger charge is 2.68. The predicted molar refractivity (Wildman–Crippen MR) is 105 cm³/mol. The standard InChI is InChI=1S/C21H21ClFN3O3/c22-15-2-1-14(6-16(15)23)29-9-19(28)26-21-10-20(11-21,12-21)7-18(27)17-5-13(8-24)3-4-25-17/h1-6H,7-12,24H2,(H,26,28). The van der Waals surface area contributed by atoms with Crippen LogP contribution >= 0.6 is 11.6 Å². The van der Waals surface area contributed by atoms with Crippen LogP contribution in [0, 0.1) is 11.2 Å². The fraction of sp³-hybridized carbons (Fsp3) is 0.381. The van der Waals surface area contributed by atoms with Gasteiger partial charge in [-0.15, -0.1) is 0 Å². The summed E-state index contributed by atoms with van der Waals surface area (Å²) in [5.41, 5.74) is 6.64. The minimum Gasteiger partial charge on any atom is -0.484 e. The molecule has 0 spiro atoms. The second kappa shape index (κ2) is 7.39. The lowest BCUT2D eigenvalue weighted by atomic mass is 9.38. The molecule has 0 aliphatic heterocycles. The van der Waals surface area contributed by atoms with E-state index >= 15 is 0 Å². The third-order valence-electron chi connectivity index (χ3n) is 5.69. The van der Waals surface area contributed by atoms with Gasteiger partial charge in [-0.3, -0.25) is 14.6 Å². The van der Waals surface area contributed by atoms with E-state index in [-0.39, 0.29) is 40.0 Å². The molecule has 0 saturated heterocycles. The van der Waals surface area contributed by atoms with Gasteiger partial charge in [-0.2, -0.15) is 0 Å². The van der Waals surface area contributed by atoms with E-state index < -0.39 is 5.82 Å². The van der Waals surface area contributed by atoms with E-state index in [1.165, 1.54) is 12.1 Å². The molecule has 5 rings (SSSR count).